The highest BCUT2D eigenvalue weighted by molar-refractivity contribution is 5.47. The van der Waals surface area contributed by atoms with Crippen molar-refractivity contribution in [1.29, 1.82) is 0 Å². The van der Waals surface area contributed by atoms with Crippen LogP contribution in [-0.2, 0) is 19.5 Å². The number of furan rings is 1. The number of phenols is 1. The molecule has 1 aromatic carbocycles. The van der Waals surface area contributed by atoms with Crippen LogP contribution in [-0.4, -0.2) is 33.6 Å². The van der Waals surface area contributed by atoms with Gasteiger partial charge in [0.1, 0.15) is 11.5 Å². The second kappa shape index (κ2) is 6.68. The molecule has 0 bridgehead atoms. The highest BCUT2D eigenvalue weighted by Gasteiger charge is 2.23. The smallest absolute Gasteiger partial charge is 0.256 e. The second-order valence-corrected chi connectivity index (χ2v) is 6.27. The fourth-order valence-corrected chi connectivity index (χ4v) is 3.25. The predicted octanol–water partition coefficient (Wildman–Crippen LogP) is 2.30. The summed E-state index contributed by atoms with van der Waals surface area (Å²) >= 11 is 0. The molecule has 0 amide bonds. The van der Waals surface area contributed by atoms with E-state index in [1.807, 2.05) is 6.07 Å². The van der Waals surface area contributed by atoms with Crippen LogP contribution in [0.1, 0.15) is 16.8 Å². The molecule has 0 fully saturated rings. The maximum atomic E-state index is 12.5. The monoisotopic (exact) mass is 353 g/mol. The third-order valence-electron chi connectivity index (χ3n) is 4.57. The Morgan fingerprint density at radius 2 is 2.27 bits per heavy atom. The van der Waals surface area contributed by atoms with Gasteiger partial charge in [0.15, 0.2) is 11.6 Å². The maximum Gasteiger partial charge on any atom is 0.256 e. The summed E-state index contributed by atoms with van der Waals surface area (Å²) in [4.78, 5) is 22.1. The lowest BCUT2D eigenvalue weighted by atomic mass is 10.1. The molecule has 134 valence electrons. The van der Waals surface area contributed by atoms with Gasteiger partial charge < -0.3 is 19.2 Å². The van der Waals surface area contributed by atoms with E-state index in [4.69, 9.17) is 9.15 Å². The van der Waals surface area contributed by atoms with Crippen LogP contribution in [0, 0.1) is 0 Å². The van der Waals surface area contributed by atoms with Gasteiger partial charge in [-0.15, -0.1) is 0 Å². The Morgan fingerprint density at radius 3 is 3.04 bits per heavy atom. The van der Waals surface area contributed by atoms with Crippen molar-refractivity contribution in [2.75, 3.05) is 13.7 Å². The number of aromatic amines is 1. The van der Waals surface area contributed by atoms with Gasteiger partial charge in [0.25, 0.3) is 5.56 Å². The Labute approximate surface area is 149 Å². The number of ether oxygens (including phenoxy) is 1. The molecule has 3 heterocycles. The van der Waals surface area contributed by atoms with E-state index in [0.717, 1.165) is 17.8 Å². The molecule has 26 heavy (non-hydrogen) atoms. The van der Waals surface area contributed by atoms with Gasteiger partial charge >= 0.3 is 0 Å². The molecule has 1 aliphatic heterocycles. The van der Waals surface area contributed by atoms with Crippen LogP contribution in [0.4, 0.5) is 0 Å². The van der Waals surface area contributed by atoms with E-state index < -0.39 is 0 Å². The number of phenolic OH excluding ortho intramolecular Hbond substituents is 1. The van der Waals surface area contributed by atoms with Gasteiger partial charge in [0.2, 0.25) is 0 Å². The number of aromatic hydroxyl groups is 1. The fraction of sp³-hybridized carbons (Fsp3) is 0.263. The third kappa shape index (κ3) is 3.09. The van der Waals surface area contributed by atoms with Crippen molar-refractivity contribution in [3.8, 4) is 23.1 Å². The molecule has 0 spiro atoms. The van der Waals surface area contributed by atoms with E-state index in [-0.39, 0.29) is 11.3 Å². The molecule has 3 aromatic rings. The summed E-state index contributed by atoms with van der Waals surface area (Å²) in [7, 11) is 1.58. The van der Waals surface area contributed by atoms with E-state index >= 15 is 0 Å². The standard InChI is InChI=1S/C19H19N3O4/c1-25-17-9-13(23)5-4-12(17)10-22-7-6-15-14(11-22)19(24)21-18(20-15)16-3-2-8-26-16/h2-5,8-9,23H,6-7,10-11H2,1H3,(H,20,21,24). The molecule has 1 aliphatic rings. The molecule has 0 radical (unpaired) electrons. The zero-order valence-corrected chi connectivity index (χ0v) is 14.4. The highest BCUT2D eigenvalue weighted by atomic mass is 16.5. The SMILES string of the molecule is COc1cc(O)ccc1CN1CCc2nc(-c3ccco3)[nH]c(=O)c2C1. The normalized spacial score (nSPS) is 14.2. The van der Waals surface area contributed by atoms with Gasteiger partial charge in [-0.05, 0) is 18.2 Å². The first-order valence-electron chi connectivity index (χ1n) is 8.38. The number of fused-ring (bicyclic) bond motifs is 1. The average Bonchev–Trinajstić information content (AvgIpc) is 3.18. The number of methoxy groups -OCH3 is 1. The lowest BCUT2D eigenvalue weighted by molar-refractivity contribution is 0.238. The topological polar surface area (TPSA) is 91.6 Å². The van der Waals surface area contributed by atoms with E-state index in [1.165, 1.54) is 0 Å². The van der Waals surface area contributed by atoms with Gasteiger partial charge in [-0.25, -0.2) is 4.98 Å². The predicted molar refractivity (Wildman–Crippen MR) is 95.0 cm³/mol. The third-order valence-corrected chi connectivity index (χ3v) is 4.57. The molecule has 0 unspecified atom stereocenters. The Balaban J connectivity index is 1.58. The van der Waals surface area contributed by atoms with Crippen molar-refractivity contribution in [3.05, 3.63) is 63.8 Å². The van der Waals surface area contributed by atoms with Crippen LogP contribution < -0.4 is 10.3 Å². The summed E-state index contributed by atoms with van der Waals surface area (Å²) < 4.78 is 10.7. The van der Waals surface area contributed by atoms with Crippen molar-refractivity contribution in [1.82, 2.24) is 14.9 Å². The van der Waals surface area contributed by atoms with E-state index in [2.05, 4.69) is 14.9 Å². The van der Waals surface area contributed by atoms with E-state index in [0.29, 0.717) is 42.4 Å². The summed E-state index contributed by atoms with van der Waals surface area (Å²) in [5.74, 6) is 1.82. The van der Waals surface area contributed by atoms with Crippen LogP contribution in [0.15, 0.2) is 45.8 Å². The first-order chi connectivity index (χ1) is 12.6. The van der Waals surface area contributed by atoms with Crippen molar-refractivity contribution in [2.45, 2.75) is 19.5 Å². The molecule has 4 rings (SSSR count). The van der Waals surface area contributed by atoms with Crippen LogP contribution in [0.25, 0.3) is 11.6 Å². The Kier molecular flexibility index (Phi) is 4.22. The number of hydrogen-bond donors (Lipinski definition) is 2. The van der Waals surface area contributed by atoms with Crippen molar-refractivity contribution >= 4 is 0 Å². The minimum atomic E-state index is -0.135. The zero-order valence-electron chi connectivity index (χ0n) is 14.4. The number of aromatic nitrogens is 2. The molecule has 0 aliphatic carbocycles. The number of hydrogen-bond acceptors (Lipinski definition) is 6. The Hall–Kier alpha value is -3.06. The molecular weight excluding hydrogens is 334 g/mol. The minimum Gasteiger partial charge on any atom is -0.508 e. The number of H-pyrrole nitrogens is 1. The van der Waals surface area contributed by atoms with Crippen molar-refractivity contribution in [3.63, 3.8) is 0 Å². The van der Waals surface area contributed by atoms with Gasteiger partial charge in [-0.1, -0.05) is 6.07 Å². The highest BCUT2D eigenvalue weighted by Crippen LogP contribution is 2.27. The number of rotatable bonds is 4. The lowest BCUT2D eigenvalue weighted by Crippen LogP contribution is -2.35. The van der Waals surface area contributed by atoms with E-state index in [9.17, 15) is 9.90 Å². The maximum absolute atomic E-state index is 12.5. The fourth-order valence-electron chi connectivity index (χ4n) is 3.25. The molecule has 2 N–H and O–H groups in total. The molecule has 7 heteroatoms. The number of nitrogens with one attached hydrogen (secondary N) is 1. The quantitative estimate of drug-likeness (QED) is 0.748. The van der Waals surface area contributed by atoms with Gasteiger partial charge in [-0.3, -0.25) is 9.69 Å². The summed E-state index contributed by atoms with van der Waals surface area (Å²) in [6.45, 7) is 1.92. The number of benzene rings is 1. The lowest BCUT2D eigenvalue weighted by Gasteiger charge is -2.28. The second-order valence-electron chi connectivity index (χ2n) is 6.27. The van der Waals surface area contributed by atoms with Gasteiger partial charge in [0.05, 0.1) is 24.6 Å². The molecule has 0 saturated carbocycles. The first-order valence-corrected chi connectivity index (χ1v) is 8.38. The Morgan fingerprint density at radius 1 is 1.38 bits per heavy atom. The first kappa shape index (κ1) is 16.4. The summed E-state index contributed by atoms with van der Waals surface area (Å²) in [6, 6.07) is 8.61. The summed E-state index contributed by atoms with van der Waals surface area (Å²) in [5.41, 5.74) is 2.33. The molecule has 0 atom stereocenters. The van der Waals surface area contributed by atoms with Crippen LogP contribution in [0.3, 0.4) is 0 Å². The van der Waals surface area contributed by atoms with Gasteiger partial charge in [0, 0.05) is 37.7 Å². The summed E-state index contributed by atoms with van der Waals surface area (Å²) in [6.07, 6.45) is 2.24. The average molecular weight is 353 g/mol. The van der Waals surface area contributed by atoms with Crippen LogP contribution >= 0.6 is 0 Å². The van der Waals surface area contributed by atoms with Crippen LogP contribution in [0.5, 0.6) is 11.5 Å². The molecule has 2 aromatic heterocycles. The Bertz CT molecular complexity index is 979. The molecule has 0 saturated heterocycles. The molecular formula is C19H19N3O4. The summed E-state index contributed by atoms with van der Waals surface area (Å²) in [5, 5.41) is 9.59. The number of nitrogens with zero attached hydrogens (tertiary/aromatic N) is 2. The van der Waals surface area contributed by atoms with E-state index in [1.54, 1.807) is 37.6 Å². The zero-order chi connectivity index (χ0) is 18.1. The molecule has 7 nitrogen and oxygen atoms in total. The largest absolute Gasteiger partial charge is 0.508 e. The van der Waals surface area contributed by atoms with Crippen molar-refractivity contribution < 1.29 is 14.3 Å². The van der Waals surface area contributed by atoms with Crippen molar-refractivity contribution in [2.24, 2.45) is 0 Å². The van der Waals surface area contributed by atoms with Crippen LogP contribution in [0.2, 0.25) is 0 Å². The minimum absolute atomic E-state index is 0.135. The van der Waals surface area contributed by atoms with Gasteiger partial charge in [-0.2, -0.15) is 0 Å².